The van der Waals surface area contributed by atoms with E-state index in [2.05, 4.69) is 15.9 Å². The lowest BCUT2D eigenvalue weighted by Crippen LogP contribution is -1.94. The van der Waals surface area contributed by atoms with Crippen molar-refractivity contribution in [1.82, 2.24) is 0 Å². The Hall–Kier alpha value is -1.53. The second kappa shape index (κ2) is 6.76. The minimum absolute atomic E-state index is 0.0898. The van der Waals surface area contributed by atoms with Crippen LogP contribution in [0, 0.1) is 10.1 Å². The van der Waals surface area contributed by atoms with E-state index in [1.165, 1.54) is 6.07 Å². The fourth-order valence-corrected chi connectivity index (χ4v) is 2.55. The minimum Gasteiger partial charge on any atom is -0.457 e. The highest BCUT2D eigenvalue weighted by atomic mass is 79.9. The Morgan fingerprint density at radius 3 is 2.40 bits per heavy atom. The van der Waals surface area contributed by atoms with Crippen molar-refractivity contribution in [1.29, 1.82) is 0 Å². The molecule has 0 amide bonds. The number of halogens is 1. The van der Waals surface area contributed by atoms with Crippen molar-refractivity contribution in [3.63, 3.8) is 0 Å². The summed E-state index contributed by atoms with van der Waals surface area (Å²) in [4.78, 5) is 11.6. The van der Waals surface area contributed by atoms with Crippen LogP contribution in [0.2, 0.25) is 0 Å². The highest BCUT2D eigenvalue weighted by Gasteiger charge is 2.13. The van der Waals surface area contributed by atoms with Gasteiger partial charge in [-0.05, 0) is 42.7 Å². The summed E-state index contributed by atoms with van der Waals surface area (Å²) in [7, 11) is 0. The van der Waals surface area contributed by atoms with Crippen LogP contribution < -0.4 is 4.74 Å². The third-order valence-corrected chi connectivity index (χ3v) is 4.03. The summed E-state index contributed by atoms with van der Waals surface area (Å²) in [5.74, 6) is 1.29. The van der Waals surface area contributed by atoms with Gasteiger partial charge >= 0.3 is 0 Å². The monoisotopic (exact) mass is 353 g/mol. The molecule has 0 spiro atoms. The first-order valence-corrected chi connectivity index (χ1v) is 8.14. The highest BCUT2D eigenvalue weighted by molar-refractivity contribution is 9.08. The molecule has 0 atom stereocenters. The van der Waals surface area contributed by atoms with E-state index in [-0.39, 0.29) is 5.69 Å². The van der Waals surface area contributed by atoms with Gasteiger partial charge in [-0.2, -0.15) is 0 Å². The van der Waals surface area contributed by atoms with Crippen LogP contribution in [0.3, 0.4) is 0 Å². The molecule has 0 N–H and O–H groups in total. The molecule has 2 aromatic carbocycles. The molecule has 0 saturated carbocycles. The van der Waals surface area contributed by atoms with Crippen molar-refractivity contribution in [3.05, 3.63) is 58.1 Å². The molecule has 4 nitrogen and oxygen atoms in total. The summed E-state index contributed by atoms with van der Waals surface area (Å²) in [5, 5.41) is 11.3. The maximum Gasteiger partial charge on any atom is 0.273 e. The highest BCUT2D eigenvalue weighted by Crippen LogP contribution is 2.29. The molecule has 104 valence electrons. The molecule has 6 heteroatoms. The van der Waals surface area contributed by atoms with Gasteiger partial charge in [0, 0.05) is 21.9 Å². The summed E-state index contributed by atoms with van der Waals surface area (Å²) < 4.78 is 5.70. The first-order valence-electron chi connectivity index (χ1n) is 5.79. The molecule has 2 rings (SSSR count). The Labute approximate surface area is 129 Å². The van der Waals surface area contributed by atoms with Crippen LogP contribution in [0.5, 0.6) is 11.5 Å². The number of ether oxygens (including phenoxy) is 1. The van der Waals surface area contributed by atoms with Crippen molar-refractivity contribution in [2.75, 3.05) is 6.26 Å². The van der Waals surface area contributed by atoms with Crippen LogP contribution in [0.4, 0.5) is 5.69 Å². The van der Waals surface area contributed by atoms with Gasteiger partial charge in [0.15, 0.2) is 0 Å². The van der Waals surface area contributed by atoms with Gasteiger partial charge in [-0.1, -0.05) is 15.9 Å². The van der Waals surface area contributed by atoms with E-state index in [0.29, 0.717) is 22.4 Å². The summed E-state index contributed by atoms with van der Waals surface area (Å²) in [5.41, 5.74) is 0.681. The Morgan fingerprint density at radius 2 is 1.85 bits per heavy atom. The lowest BCUT2D eigenvalue weighted by Gasteiger charge is -2.07. The largest absolute Gasteiger partial charge is 0.457 e. The first-order chi connectivity index (χ1) is 9.63. The average Bonchev–Trinajstić information content (AvgIpc) is 2.47. The Kier molecular flexibility index (Phi) is 5.03. The molecular formula is C14H12BrNO3S. The molecule has 0 heterocycles. The molecule has 0 saturated heterocycles. The normalized spacial score (nSPS) is 10.3. The topological polar surface area (TPSA) is 52.4 Å². The predicted molar refractivity (Wildman–Crippen MR) is 84.0 cm³/mol. The second-order valence-electron chi connectivity index (χ2n) is 3.96. The van der Waals surface area contributed by atoms with E-state index in [0.717, 1.165) is 4.90 Å². The van der Waals surface area contributed by atoms with E-state index < -0.39 is 4.92 Å². The maximum atomic E-state index is 10.9. The molecule has 0 aliphatic heterocycles. The number of hydrogen-bond acceptors (Lipinski definition) is 4. The van der Waals surface area contributed by atoms with E-state index in [1.54, 1.807) is 23.9 Å². The fraction of sp³-hybridized carbons (Fsp3) is 0.143. The molecular weight excluding hydrogens is 342 g/mol. The number of nitrogens with zero attached hydrogens (tertiary/aromatic N) is 1. The van der Waals surface area contributed by atoms with Crippen LogP contribution >= 0.6 is 27.7 Å². The van der Waals surface area contributed by atoms with Crippen molar-refractivity contribution < 1.29 is 9.66 Å². The molecule has 0 aliphatic rings. The molecule has 0 bridgehead atoms. The van der Waals surface area contributed by atoms with Crippen molar-refractivity contribution >= 4 is 33.4 Å². The van der Waals surface area contributed by atoms with Crippen LogP contribution in [0.25, 0.3) is 0 Å². The van der Waals surface area contributed by atoms with Gasteiger partial charge in [0.25, 0.3) is 5.69 Å². The van der Waals surface area contributed by atoms with Gasteiger partial charge in [-0.25, -0.2) is 0 Å². The zero-order valence-electron chi connectivity index (χ0n) is 10.7. The third kappa shape index (κ3) is 3.52. The zero-order chi connectivity index (χ0) is 14.5. The van der Waals surface area contributed by atoms with Crippen LogP contribution in [0.15, 0.2) is 47.4 Å². The number of nitro benzene ring substituents is 1. The van der Waals surface area contributed by atoms with Gasteiger partial charge in [-0.3, -0.25) is 10.1 Å². The average molecular weight is 354 g/mol. The molecule has 0 radical (unpaired) electrons. The van der Waals surface area contributed by atoms with Gasteiger partial charge in [0.05, 0.1) is 4.92 Å². The summed E-state index contributed by atoms with van der Waals surface area (Å²) in [6.45, 7) is 0. The second-order valence-corrected chi connectivity index (χ2v) is 5.40. The zero-order valence-corrected chi connectivity index (χ0v) is 13.1. The first kappa shape index (κ1) is 14.9. The smallest absolute Gasteiger partial charge is 0.273 e. The van der Waals surface area contributed by atoms with Gasteiger partial charge in [0.2, 0.25) is 0 Å². The van der Waals surface area contributed by atoms with E-state index in [9.17, 15) is 10.1 Å². The standard InChI is InChI=1S/C14H12BrNO3S/c1-20-13-5-2-11(3-6-13)19-12-4-7-14(16(17)18)10(8-12)9-15/h2-8H,9H2,1H3. The molecule has 0 unspecified atom stereocenters. The SMILES string of the molecule is CSc1ccc(Oc2ccc([N+](=O)[O-])c(CBr)c2)cc1. The molecule has 0 aliphatic carbocycles. The Bertz CT molecular complexity index is 616. The lowest BCUT2D eigenvalue weighted by atomic mass is 10.2. The number of hydrogen-bond donors (Lipinski definition) is 0. The van der Waals surface area contributed by atoms with Crippen molar-refractivity contribution in [2.24, 2.45) is 0 Å². The number of nitro groups is 1. The molecule has 2 aromatic rings. The molecule has 20 heavy (non-hydrogen) atoms. The van der Waals surface area contributed by atoms with Crippen LogP contribution in [-0.4, -0.2) is 11.2 Å². The van der Waals surface area contributed by atoms with Crippen molar-refractivity contribution in [3.8, 4) is 11.5 Å². The number of rotatable bonds is 5. The predicted octanol–water partition coefficient (Wildman–Crippen LogP) is 5.00. The van der Waals surface area contributed by atoms with E-state index in [1.807, 2.05) is 30.5 Å². The number of alkyl halides is 1. The van der Waals surface area contributed by atoms with Crippen molar-refractivity contribution in [2.45, 2.75) is 10.2 Å². The summed E-state index contributed by atoms with van der Waals surface area (Å²) in [6, 6.07) is 12.4. The Balaban J connectivity index is 2.22. The summed E-state index contributed by atoms with van der Waals surface area (Å²) >= 11 is 4.91. The van der Waals surface area contributed by atoms with Gasteiger partial charge in [-0.15, -0.1) is 11.8 Å². The van der Waals surface area contributed by atoms with Gasteiger partial charge in [0.1, 0.15) is 11.5 Å². The van der Waals surface area contributed by atoms with Crippen LogP contribution in [0.1, 0.15) is 5.56 Å². The fourth-order valence-electron chi connectivity index (χ4n) is 1.69. The minimum atomic E-state index is -0.395. The van der Waals surface area contributed by atoms with Crippen LogP contribution in [-0.2, 0) is 5.33 Å². The number of thioether (sulfide) groups is 1. The number of benzene rings is 2. The third-order valence-electron chi connectivity index (χ3n) is 2.69. The quantitative estimate of drug-likeness (QED) is 0.328. The van der Waals surface area contributed by atoms with Gasteiger partial charge < -0.3 is 4.74 Å². The Morgan fingerprint density at radius 1 is 1.20 bits per heavy atom. The summed E-state index contributed by atoms with van der Waals surface area (Å²) in [6.07, 6.45) is 2.01. The maximum absolute atomic E-state index is 10.9. The molecule has 0 aromatic heterocycles. The molecule has 0 fully saturated rings. The van der Waals surface area contributed by atoms with E-state index >= 15 is 0 Å². The lowest BCUT2D eigenvalue weighted by molar-refractivity contribution is -0.385. The van der Waals surface area contributed by atoms with E-state index in [4.69, 9.17) is 4.74 Å².